The molecule has 8 heteroatoms. The van der Waals surface area contributed by atoms with Crippen LogP contribution in [0.15, 0.2) is 61.1 Å². The Labute approximate surface area is 173 Å². The van der Waals surface area contributed by atoms with Crippen molar-refractivity contribution in [3.05, 3.63) is 77.7 Å². The summed E-state index contributed by atoms with van der Waals surface area (Å²) in [7, 11) is 0. The highest BCUT2D eigenvalue weighted by atomic mass is 16.5. The first-order valence-electron chi connectivity index (χ1n) is 9.38. The summed E-state index contributed by atoms with van der Waals surface area (Å²) in [5.74, 6) is 0.747. The van der Waals surface area contributed by atoms with Crippen LogP contribution in [0.3, 0.4) is 0 Å². The summed E-state index contributed by atoms with van der Waals surface area (Å²) >= 11 is 0. The summed E-state index contributed by atoms with van der Waals surface area (Å²) in [5.41, 5.74) is 4.44. The summed E-state index contributed by atoms with van der Waals surface area (Å²) < 4.78 is 6.93. The van der Waals surface area contributed by atoms with Crippen molar-refractivity contribution in [1.82, 2.24) is 14.6 Å². The number of carbonyl (C=O) groups is 1. The van der Waals surface area contributed by atoms with Crippen LogP contribution in [0.25, 0.3) is 5.52 Å². The fourth-order valence-corrected chi connectivity index (χ4v) is 3.07. The number of aromatic nitrogens is 3. The smallest absolute Gasteiger partial charge is 0.412 e. The van der Waals surface area contributed by atoms with Gasteiger partial charge >= 0.3 is 6.09 Å². The number of hydrogen-bond donors (Lipinski definition) is 3. The van der Waals surface area contributed by atoms with Crippen LogP contribution < -0.4 is 10.6 Å². The lowest BCUT2D eigenvalue weighted by Gasteiger charge is -2.09. The number of phenols is 1. The second kappa shape index (κ2) is 8.12. The molecule has 8 nitrogen and oxygen atoms in total. The van der Waals surface area contributed by atoms with Gasteiger partial charge in [0.2, 0.25) is 0 Å². The molecule has 0 radical (unpaired) electrons. The molecule has 2 heterocycles. The molecule has 152 valence electrons. The fraction of sp³-hybridized carbons (Fsp3) is 0.136. The number of fused-ring (bicyclic) bond motifs is 1. The molecule has 2 aromatic heterocycles. The Balaban J connectivity index is 1.54. The number of hydrogen-bond acceptors (Lipinski definition) is 6. The lowest BCUT2D eigenvalue weighted by atomic mass is 10.2. The molecular weight excluding hydrogens is 382 g/mol. The van der Waals surface area contributed by atoms with E-state index in [4.69, 9.17) is 4.74 Å². The lowest BCUT2D eigenvalue weighted by Crippen LogP contribution is -2.13. The third-order valence-electron chi connectivity index (χ3n) is 4.75. The molecule has 0 aliphatic carbocycles. The van der Waals surface area contributed by atoms with Gasteiger partial charge < -0.3 is 15.2 Å². The van der Waals surface area contributed by atoms with E-state index in [9.17, 15) is 9.90 Å². The number of amides is 1. The average Bonchev–Trinajstić information content (AvgIpc) is 3.06. The van der Waals surface area contributed by atoms with Gasteiger partial charge in [0.25, 0.3) is 0 Å². The summed E-state index contributed by atoms with van der Waals surface area (Å²) in [6, 6.07) is 14.8. The van der Waals surface area contributed by atoms with E-state index < -0.39 is 6.09 Å². The third-order valence-corrected chi connectivity index (χ3v) is 4.75. The van der Waals surface area contributed by atoms with Crippen molar-refractivity contribution in [2.75, 3.05) is 10.6 Å². The van der Waals surface area contributed by atoms with Gasteiger partial charge in [-0.15, -0.1) is 0 Å². The molecule has 0 saturated heterocycles. The number of aromatic hydroxyl groups is 1. The predicted molar refractivity (Wildman–Crippen MR) is 114 cm³/mol. The van der Waals surface area contributed by atoms with Crippen LogP contribution in [0.2, 0.25) is 0 Å². The first-order chi connectivity index (χ1) is 14.5. The van der Waals surface area contributed by atoms with E-state index in [-0.39, 0.29) is 12.4 Å². The summed E-state index contributed by atoms with van der Waals surface area (Å²) in [4.78, 5) is 16.6. The summed E-state index contributed by atoms with van der Waals surface area (Å²) in [6.07, 6.45) is 2.57. The van der Waals surface area contributed by atoms with Crippen molar-refractivity contribution >= 4 is 28.8 Å². The second-order valence-corrected chi connectivity index (χ2v) is 6.88. The van der Waals surface area contributed by atoms with E-state index in [1.165, 1.54) is 6.33 Å². The Bertz CT molecular complexity index is 1200. The SMILES string of the molecule is Cc1ccc(Nc2ncnn3cc(NC(=O)OCc4ccccc4)c(C)c23)cc1O. The van der Waals surface area contributed by atoms with Gasteiger partial charge in [-0.1, -0.05) is 36.4 Å². The Hall–Kier alpha value is -4.07. The molecule has 0 atom stereocenters. The molecule has 0 bridgehead atoms. The third kappa shape index (κ3) is 4.02. The first-order valence-corrected chi connectivity index (χ1v) is 9.38. The number of anilines is 3. The number of nitrogens with one attached hydrogen (secondary N) is 2. The van der Waals surface area contributed by atoms with Crippen LogP contribution in [-0.4, -0.2) is 25.8 Å². The number of carbonyl (C=O) groups excluding carboxylic acids is 1. The van der Waals surface area contributed by atoms with Crippen molar-refractivity contribution in [3.63, 3.8) is 0 Å². The predicted octanol–water partition coefficient (Wildman–Crippen LogP) is 4.54. The minimum Gasteiger partial charge on any atom is -0.508 e. The lowest BCUT2D eigenvalue weighted by molar-refractivity contribution is 0.155. The number of rotatable bonds is 5. The normalized spacial score (nSPS) is 10.7. The second-order valence-electron chi connectivity index (χ2n) is 6.88. The minimum absolute atomic E-state index is 0.183. The maximum Gasteiger partial charge on any atom is 0.412 e. The van der Waals surface area contributed by atoms with Gasteiger partial charge in [-0.2, -0.15) is 5.10 Å². The quantitative estimate of drug-likeness (QED) is 0.452. The van der Waals surface area contributed by atoms with Gasteiger partial charge in [-0.25, -0.2) is 14.3 Å². The van der Waals surface area contributed by atoms with E-state index >= 15 is 0 Å². The van der Waals surface area contributed by atoms with E-state index in [1.54, 1.807) is 16.8 Å². The van der Waals surface area contributed by atoms with Crippen molar-refractivity contribution in [2.45, 2.75) is 20.5 Å². The maximum absolute atomic E-state index is 12.2. The standard InChI is InChI=1S/C22H21N5O3/c1-14-8-9-17(10-19(14)28)25-21-20-15(2)18(11-27(20)24-13-23-21)26-22(29)30-12-16-6-4-3-5-7-16/h3-11,13,28H,12H2,1-2H3,(H,26,29)(H,23,24,25). The molecular formula is C22H21N5O3. The molecule has 4 aromatic rings. The Morgan fingerprint density at radius 1 is 1.17 bits per heavy atom. The first kappa shape index (κ1) is 19.3. The van der Waals surface area contributed by atoms with Crippen LogP contribution >= 0.6 is 0 Å². The van der Waals surface area contributed by atoms with Crippen LogP contribution in [0.1, 0.15) is 16.7 Å². The van der Waals surface area contributed by atoms with Gasteiger partial charge in [0.05, 0.1) is 11.9 Å². The maximum atomic E-state index is 12.2. The molecule has 0 aliphatic heterocycles. The highest BCUT2D eigenvalue weighted by molar-refractivity contribution is 5.90. The van der Waals surface area contributed by atoms with Crippen molar-refractivity contribution in [3.8, 4) is 5.75 Å². The van der Waals surface area contributed by atoms with Crippen LogP contribution in [0.5, 0.6) is 5.75 Å². The van der Waals surface area contributed by atoms with Crippen molar-refractivity contribution in [2.24, 2.45) is 0 Å². The van der Waals surface area contributed by atoms with E-state index in [2.05, 4.69) is 20.7 Å². The zero-order valence-corrected chi connectivity index (χ0v) is 16.6. The zero-order chi connectivity index (χ0) is 21.1. The van der Waals surface area contributed by atoms with Crippen LogP contribution in [-0.2, 0) is 11.3 Å². The fourth-order valence-electron chi connectivity index (χ4n) is 3.07. The Kier molecular flexibility index (Phi) is 5.21. The molecule has 0 saturated carbocycles. The number of phenolic OH excluding ortho intramolecular Hbond substituents is 1. The molecule has 2 aromatic carbocycles. The van der Waals surface area contributed by atoms with E-state index in [1.807, 2.05) is 56.3 Å². The highest BCUT2D eigenvalue weighted by Crippen LogP contribution is 2.29. The highest BCUT2D eigenvalue weighted by Gasteiger charge is 2.15. The molecule has 0 aliphatic rings. The van der Waals surface area contributed by atoms with Crippen molar-refractivity contribution < 1.29 is 14.6 Å². The molecule has 3 N–H and O–H groups in total. The summed E-state index contributed by atoms with van der Waals surface area (Å²) in [6.45, 7) is 3.87. The largest absolute Gasteiger partial charge is 0.508 e. The van der Waals surface area contributed by atoms with E-state index in [0.29, 0.717) is 22.7 Å². The van der Waals surface area contributed by atoms with Gasteiger partial charge in [-0.3, -0.25) is 5.32 Å². The molecule has 30 heavy (non-hydrogen) atoms. The van der Waals surface area contributed by atoms with Crippen LogP contribution in [0.4, 0.5) is 22.0 Å². The molecule has 0 spiro atoms. The number of benzene rings is 2. The van der Waals surface area contributed by atoms with Gasteiger partial charge in [0.15, 0.2) is 5.82 Å². The Morgan fingerprint density at radius 2 is 1.97 bits per heavy atom. The van der Waals surface area contributed by atoms with Crippen molar-refractivity contribution in [1.29, 1.82) is 0 Å². The summed E-state index contributed by atoms with van der Waals surface area (Å²) in [5, 5.41) is 20.1. The van der Waals surface area contributed by atoms with E-state index in [0.717, 1.165) is 16.7 Å². The Morgan fingerprint density at radius 3 is 2.73 bits per heavy atom. The number of ether oxygens (including phenoxy) is 1. The van der Waals surface area contributed by atoms with Gasteiger partial charge in [0, 0.05) is 17.3 Å². The monoisotopic (exact) mass is 403 g/mol. The average molecular weight is 403 g/mol. The molecule has 0 fully saturated rings. The number of nitrogens with zero attached hydrogens (tertiary/aromatic N) is 3. The minimum atomic E-state index is -0.552. The topological polar surface area (TPSA) is 101 Å². The zero-order valence-electron chi connectivity index (χ0n) is 16.6. The molecule has 4 rings (SSSR count). The van der Waals surface area contributed by atoms with Gasteiger partial charge in [-0.05, 0) is 31.0 Å². The molecule has 1 amide bonds. The van der Waals surface area contributed by atoms with Gasteiger partial charge in [0.1, 0.15) is 24.2 Å². The molecule has 0 unspecified atom stereocenters. The van der Waals surface area contributed by atoms with Crippen LogP contribution in [0, 0.1) is 13.8 Å². The number of aryl methyl sites for hydroxylation is 2.